The van der Waals surface area contributed by atoms with Crippen LogP contribution in [0, 0.1) is 0 Å². The maximum absolute atomic E-state index is 11.1. The average molecular weight is 168 g/mol. The highest BCUT2D eigenvalue weighted by Gasteiger charge is 2.14. The van der Waals surface area contributed by atoms with Crippen molar-refractivity contribution in [2.24, 2.45) is 0 Å². The third-order valence-electron chi connectivity index (χ3n) is 2.12. The molecule has 0 aromatic carbocycles. The Balaban J connectivity index is 2.40. The molecule has 0 aromatic rings. The van der Waals surface area contributed by atoms with Gasteiger partial charge < -0.3 is 4.74 Å². The van der Waals surface area contributed by atoms with Crippen molar-refractivity contribution >= 4 is 5.97 Å². The Morgan fingerprint density at radius 1 is 1.50 bits per heavy atom. The van der Waals surface area contributed by atoms with Gasteiger partial charge in [-0.25, -0.2) is 0 Å². The van der Waals surface area contributed by atoms with Crippen LogP contribution in [-0.2, 0) is 9.53 Å². The van der Waals surface area contributed by atoms with Crippen molar-refractivity contribution in [3.8, 4) is 0 Å². The number of allylic oxidation sites excluding steroid dienone is 2. The zero-order valence-electron chi connectivity index (χ0n) is 7.85. The molecule has 2 nitrogen and oxygen atoms in total. The smallest absolute Gasteiger partial charge is 0.310 e. The molecule has 68 valence electrons. The van der Waals surface area contributed by atoms with Gasteiger partial charge in [0.05, 0.1) is 0 Å². The summed E-state index contributed by atoms with van der Waals surface area (Å²) in [5.74, 6) is 0.849. The summed E-state index contributed by atoms with van der Waals surface area (Å²) in [7, 11) is 0. The van der Waals surface area contributed by atoms with E-state index in [9.17, 15) is 4.79 Å². The second kappa shape index (κ2) is 4.29. The van der Waals surface area contributed by atoms with Crippen LogP contribution in [0.5, 0.6) is 0 Å². The lowest BCUT2D eigenvalue weighted by Gasteiger charge is -2.04. The van der Waals surface area contributed by atoms with E-state index in [2.05, 4.69) is 0 Å². The largest absolute Gasteiger partial charge is 0.431 e. The van der Waals surface area contributed by atoms with E-state index in [4.69, 9.17) is 4.74 Å². The fraction of sp³-hybridized carbons (Fsp3) is 0.700. The average Bonchev–Trinajstić information content (AvgIpc) is 2.37. The first-order chi connectivity index (χ1) is 5.74. The van der Waals surface area contributed by atoms with Gasteiger partial charge in [0, 0.05) is 12.8 Å². The normalized spacial score (nSPS) is 16.8. The van der Waals surface area contributed by atoms with Gasteiger partial charge in [0.15, 0.2) is 0 Å². The predicted octanol–water partition coefficient (Wildman–Crippen LogP) is 2.79. The molecule has 0 saturated carbocycles. The Hall–Kier alpha value is -0.790. The maximum Gasteiger partial charge on any atom is 0.310 e. The lowest BCUT2D eigenvalue weighted by molar-refractivity contribution is -0.139. The molecule has 0 amide bonds. The van der Waals surface area contributed by atoms with Gasteiger partial charge >= 0.3 is 5.97 Å². The SMILES string of the molecule is CCCC(=O)OC1=C(C)CCC1. The molecule has 0 N–H and O–H groups in total. The third-order valence-corrected chi connectivity index (χ3v) is 2.12. The first-order valence-electron chi connectivity index (χ1n) is 4.63. The lowest BCUT2D eigenvalue weighted by Crippen LogP contribution is -2.02. The molecule has 0 unspecified atom stereocenters. The van der Waals surface area contributed by atoms with E-state index in [-0.39, 0.29) is 5.97 Å². The number of carbonyl (C=O) groups is 1. The summed E-state index contributed by atoms with van der Waals surface area (Å²) in [4.78, 5) is 11.1. The molecule has 2 heteroatoms. The van der Waals surface area contributed by atoms with Gasteiger partial charge in [-0.05, 0) is 31.8 Å². The minimum atomic E-state index is -0.0752. The number of rotatable bonds is 3. The van der Waals surface area contributed by atoms with Crippen LogP contribution in [0.3, 0.4) is 0 Å². The highest BCUT2D eigenvalue weighted by atomic mass is 16.5. The molecule has 0 aromatic heterocycles. The van der Waals surface area contributed by atoms with Crippen LogP contribution in [0.15, 0.2) is 11.3 Å². The third kappa shape index (κ3) is 2.36. The first-order valence-corrected chi connectivity index (χ1v) is 4.63. The zero-order valence-corrected chi connectivity index (χ0v) is 7.85. The van der Waals surface area contributed by atoms with Crippen molar-refractivity contribution < 1.29 is 9.53 Å². The first kappa shape index (κ1) is 9.30. The summed E-state index contributed by atoms with van der Waals surface area (Å²) in [6.45, 7) is 4.03. The summed E-state index contributed by atoms with van der Waals surface area (Å²) >= 11 is 0. The Bertz CT molecular complexity index is 204. The van der Waals surface area contributed by atoms with Crippen LogP contribution in [0.25, 0.3) is 0 Å². The van der Waals surface area contributed by atoms with E-state index in [0.29, 0.717) is 6.42 Å². The number of ether oxygens (including phenoxy) is 1. The molecule has 0 fully saturated rings. The van der Waals surface area contributed by atoms with Gasteiger partial charge in [-0.15, -0.1) is 0 Å². The van der Waals surface area contributed by atoms with Crippen LogP contribution in [0.2, 0.25) is 0 Å². The maximum atomic E-state index is 11.1. The molecule has 0 saturated heterocycles. The second-order valence-corrected chi connectivity index (χ2v) is 3.28. The van der Waals surface area contributed by atoms with E-state index in [1.807, 2.05) is 13.8 Å². The Labute approximate surface area is 73.6 Å². The summed E-state index contributed by atoms with van der Waals surface area (Å²) in [5, 5.41) is 0. The fourth-order valence-electron chi connectivity index (χ4n) is 1.40. The molecule has 0 heterocycles. The van der Waals surface area contributed by atoms with Crippen molar-refractivity contribution in [1.29, 1.82) is 0 Å². The molecular weight excluding hydrogens is 152 g/mol. The van der Waals surface area contributed by atoms with E-state index in [1.54, 1.807) is 0 Å². The van der Waals surface area contributed by atoms with E-state index in [1.165, 1.54) is 5.57 Å². The summed E-state index contributed by atoms with van der Waals surface area (Å²) < 4.78 is 5.20. The standard InChI is InChI=1S/C10H16O2/c1-3-5-10(11)12-9-7-4-6-8(9)2/h3-7H2,1-2H3. The van der Waals surface area contributed by atoms with Gasteiger partial charge in [0.1, 0.15) is 5.76 Å². The summed E-state index contributed by atoms with van der Waals surface area (Å²) in [5.41, 5.74) is 1.25. The molecule has 0 aliphatic heterocycles. The monoisotopic (exact) mass is 168 g/mol. The topological polar surface area (TPSA) is 26.3 Å². The van der Waals surface area contributed by atoms with E-state index < -0.39 is 0 Å². The number of hydrogen-bond acceptors (Lipinski definition) is 2. The van der Waals surface area contributed by atoms with Crippen molar-refractivity contribution in [2.75, 3.05) is 0 Å². The van der Waals surface area contributed by atoms with E-state index >= 15 is 0 Å². The van der Waals surface area contributed by atoms with Gasteiger partial charge in [0.2, 0.25) is 0 Å². The Kier molecular flexibility index (Phi) is 3.32. The molecule has 12 heavy (non-hydrogen) atoms. The molecule has 0 radical (unpaired) electrons. The second-order valence-electron chi connectivity index (χ2n) is 3.28. The van der Waals surface area contributed by atoms with Gasteiger partial charge in [-0.2, -0.15) is 0 Å². The highest BCUT2D eigenvalue weighted by Crippen LogP contribution is 2.26. The van der Waals surface area contributed by atoms with Crippen molar-refractivity contribution in [1.82, 2.24) is 0 Å². The van der Waals surface area contributed by atoms with Crippen molar-refractivity contribution in [2.45, 2.75) is 46.0 Å². The molecule has 1 aliphatic carbocycles. The zero-order chi connectivity index (χ0) is 8.97. The molecular formula is C10H16O2. The summed E-state index contributed by atoms with van der Waals surface area (Å²) in [6, 6.07) is 0. The van der Waals surface area contributed by atoms with Crippen LogP contribution in [-0.4, -0.2) is 5.97 Å². The van der Waals surface area contributed by atoms with Crippen molar-refractivity contribution in [3.63, 3.8) is 0 Å². The minimum absolute atomic E-state index is 0.0752. The molecule has 1 aliphatic rings. The number of carbonyl (C=O) groups excluding carboxylic acids is 1. The van der Waals surface area contributed by atoms with Gasteiger partial charge in [-0.1, -0.05) is 6.92 Å². The lowest BCUT2D eigenvalue weighted by atomic mass is 10.3. The van der Waals surface area contributed by atoms with Crippen LogP contribution < -0.4 is 0 Å². The quantitative estimate of drug-likeness (QED) is 0.606. The van der Waals surface area contributed by atoms with Gasteiger partial charge in [-0.3, -0.25) is 4.79 Å². The Morgan fingerprint density at radius 2 is 2.25 bits per heavy atom. The molecule has 0 spiro atoms. The minimum Gasteiger partial charge on any atom is -0.431 e. The summed E-state index contributed by atoms with van der Waals surface area (Å²) in [6.07, 6.45) is 4.58. The number of esters is 1. The fourth-order valence-corrected chi connectivity index (χ4v) is 1.40. The van der Waals surface area contributed by atoms with Crippen LogP contribution >= 0.6 is 0 Å². The van der Waals surface area contributed by atoms with E-state index in [0.717, 1.165) is 31.4 Å². The number of hydrogen-bond donors (Lipinski definition) is 0. The Morgan fingerprint density at radius 3 is 2.75 bits per heavy atom. The van der Waals surface area contributed by atoms with Crippen LogP contribution in [0.4, 0.5) is 0 Å². The molecule has 1 rings (SSSR count). The van der Waals surface area contributed by atoms with Gasteiger partial charge in [0.25, 0.3) is 0 Å². The van der Waals surface area contributed by atoms with Crippen LogP contribution in [0.1, 0.15) is 46.0 Å². The van der Waals surface area contributed by atoms with Crippen molar-refractivity contribution in [3.05, 3.63) is 11.3 Å². The molecule has 0 atom stereocenters. The molecule has 0 bridgehead atoms. The highest BCUT2D eigenvalue weighted by molar-refractivity contribution is 5.70. The predicted molar refractivity (Wildman–Crippen MR) is 47.6 cm³/mol.